The molecule has 0 bridgehead atoms. The van der Waals surface area contributed by atoms with Crippen molar-refractivity contribution in [3.63, 3.8) is 0 Å². The normalized spacial score (nSPS) is 11.3. The van der Waals surface area contributed by atoms with Gasteiger partial charge in [0.1, 0.15) is 5.69 Å². The number of aryl methyl sites for hydroxylation is 1. The van der Waals surface area contributed by atoms with Crippen LogP contribution in [0.15, 0.2) is 57.8 Å². The second kappa shape index (κ2) is 6.49. The molecule has 0 radical (unpaired) electrons. The van der Waals surface area contributed by atoms with Gasteiger partial charge in [0, 0.05) is 16.6 Å². The van der Waals surface area contributed by atoms with Crippen molar-refractivity contribution < 1.29 is 4.79 Å². The van der Waals surface area contributed by atoms with E-state index in [1.54, 1.807) is 28.9 Å². The van der Waals surface area contributed by atoms with Crippen LogP contribution in [0.25, 0.3) is 16.8 Å². The fourth-order valence-electron chi connectivity index (χ4n) is 2.96. The number of rotatable bonds is 4. The number of carbonyl (C=O) groups excluding carboxylic acids is 1. The summed E-state index contributed by atoms with van der Waals surface area (Å²) in [6.07, 6.45) is -0.0527. The van der Waals surface area contributed by atoms with Crippen molar-refractivity contribution in [1.82, 2.24) is 19.2 Å². The van der Waals surface area contributed by atoms with Crippen LogP contribution in [0, 0.1) is 0 Å². The van der Waals surface area contributed by atoms with Gasteiger partial charge >= 0.3 is 0 Å². The summed E-state index contributed by atoms with van der Waals surface area (Å²) < 4.78 is 4.09. The first kappa shape index (κ1) is 16.7. The fourth-order valence-corrected chi connectivity index (χ4v) is 3.23. The first-order valence-electron chi connectivity index (χ1n) is 8.24. The van der Waals surface area contributed by atoms with Crippen molar-refractivity contribution in [2.75, 3.05) is 0 Å². The molecule has 0 aliphatic carbocycles. The Morgan fingerprint density at radius 1 is 1.12 bits per heavy atom. The van der Waals surface area contributed by atoms with Crippen LogP contribution in [0.3, 0.4) is 0 Å². The van der Waals surface area contributed by atoms with Crippen molar-refractivity contribution in [3.8, 4) is 0 Å². The van der Waals surface area contributed by atoms with Gasteiger partial charge in [0.2, 0.25) is 5.78 Å². The van der Waals surface area contributed by atoms with Gasteiger partial charge in [0.15, 0.2) is 5.78 Å². The van der Waals surface area contributed by atoms with E-state index < -0.39 is 0 Å². The van der Waals surface area contributed by atoms with E-state index in [1.807, 2.05) is 31.2 Å². The van der Waals surface area contributed by atoms with E-state index in [0.29, 0.717) is 17.9 Å². The van der Waals surface area contributed by atoms with Gasteiger partial charge in [-0.15, -0.1) is 0 Å². The molecule has 4 aromatic rings. The molecule has 130 valence electrons. The molecule has 0 aliphatic heterocycles. The zero-order valence-corrected chi connectivity index (χ0v) is 15.6. The smallest absolute Gasteiger partial charge is 0.281 e. The number of aromatic nitrogens is 4. The molecule has 2 aromatic heterocycles. The molecular formula is C19H15BrN4O2. The molecule has 0 spiro atoms. The van der Waals surface area contributed by atoms with E-state index in [2.05, 4.69) is 26.0 Å². The number of imidazole rings is 1. The van der Waals surface area contributed by atoms with Gasteiger partial charge in [0.05, 0.1) is 17.5 Å². The SMILES string of the molecule is CCn1nc(CC(=O)c2ccc(Br)cc2)c(=O)n2c3ccccc3nc12. The van der Waals surface area contributed by atoms with Crippen molar-refractivity contribution in [1.29, 1.82) is 0 Å². The zero-order chi connectivity index (χ0) is 18.3. The van der Waals surface area contributed by atoms with E-state index in [0.717, 1.165) is 15.5 Å². The van der Waals surface area contributed by atoms with Crippen LogP contribution in [0.4, 0.5) is 0 Å². The van der Waals surface area contributed by atoms with Gasteiger partial charge < -0.3 is 0 Å². The highest BCUT2D eigenvalue weighted by atomic mass is 79.9. The molecule has 0 unspecified atom stereocenters. The van der Waals surface area contributed by atoms with Gasteiger partial charge in [0.25, 0.3) is 5.56 Å². The third-order valence-electron chi connectivity index (χ3n) is 4.26. The highest BCUT2D eigenvalue weighted by Gasteiger charge is 2.18. The van der Waals surface area contributed by atoms with Gasteiger partial charge in [-0.1, -0.05) is 40.2 Å². The first-order valence-corrected chi connectivity index (χ1v) is 9.03. The minimum Gasteiger partial charge on any atom is -0.294 e. The Hall–Kier alpha value is -2.80. The summed E-state index contributed by atoms with van der Waals surface area (Å²) >= 11 is 3.35. The van der Waals surface area contributed by atoms with Crippen LogP contribution in [0.1, 0.15) is 23.0 Å². The lowest BCUT2D eigenvalue weighted by Gasteiger charge is -2.08. The third kappa shape index (κ3) is 2.74. The predicted molar refractivity (Wildman–Crippen MR) is 103 cm³/mol. The number of carbonyl (C=O) groups is 1. The molecule has 0 amide bonds. The van der Waals surface area contributed by atoms with Crippen molar-refractivity contribution in [2.45, 2.75) is 19.9 Å². The highest BCUT2D eigenvalue weighted by molar-refractivity contribution is 9.10. The second-order valence-corrected chi connectivity index (χ2v) is 6.83. The third-order valence-corrected chi connectivity index (χ3v) is 4.79. The Bertz CT molecular complexity index is 1190. The van der Waals surface area contributed by atoms with Crippen molar-refractivity contribution in [2.24, 2.45) is 0 Å². The van der Waals surface area contributed by atoms with E-state index >= 15 is 0 Å². The Labute approximate surface area is 157 Å². The van der Waals surface area contributed by atoms with Crippen LogP contribution >= 0.6 is 15.9 Å². The van der Waals surface area contributed by atoms with Gasteiger partial charge in [-0.25, -0.2) is 14.1 Å². The maximum absolute atomic E-state index is 13.0. The van der Waals surface area contributed by atoms with Crippen LogP contribution in [-0.4, -0.2) is 24.9 Å². The molecule has 0 fully saturated rings. The number of fused-ring (bicyclic) bond motifs is 3. The molecule has 7 heteroatoms. The number of hydrogen-bond acceptors (Lipinski definition) is 4. The number of Topliss-reactive ketones (excluding diaryl/α,β-unsaturated/α-hetero) is 1. The molecule has 0 atom stereocenters. The van der Waals surface area contributed by atoms with E-state index in [-0.39, 0.29) is 23.5 Å². The van der Waals surface area contributed by atoms with Crippen LogP contribution in [0.2, 0.25) is 0 Å². The average Bonchev–Trinajstić information content (AvgIpc) is 3.04. The highest BCUT2D eigenvalue weighted by Crippen LogP contribution is 2.15. The molecule has 0 saturated heterocycles. The maximum atomic E-state index is 13.0. The standard InChI is InChI=1S/C19H15BrN4O2/c1-2-23-19-21-14-5-3-4-6-16(14)24(19)18(26)15(22-23)11-17(25)12-7-9-13(20)10-8-12/h3-10H,2,11H2,1H3. The minimum absolute atomic E-state index is 0.0527. The van der Waals surface area contributed by atoms with Gasteiger partial charge in [-0.3, -0.25) is 9.59 Å². The summed E-state index contributed by atoms with van der Waals surface area (Å²) in [6, 6.07) is 14.5. The predicted octanol–water partition coefficient (Wildman–Crippen LogP) is 3.25. The molecule has 6 nitrogen and oxygen atoms in total. The van der Waals surface area contributed by atoms with Gasteiger partial charge in [-0.2, -0.15) is 5.10 Å². The number of halogens is 1. The molecular weight excluding hydrogens is 396 g/mol. The zero-order valence-electron chi connectivity index (χ0n) is 14.0. The molecule has 2 heterocycles. The molecule has 2 aromatic carbocycles. The number of nitrogens with zero attached hydrogens (tertiary/aromatic N) is 4. The monoisotopic (exact) mass is 410 g/mol. The summed E-state index contributed by atoms with van der Waals surface area (Å²) in [5, 5.41) is 4.39. The summed E-state index contributed by atoms with van der Waals surface area (Å²) in [7, 11) is 0. The largest absolute Gasteiger partial charge is 0.294 e. The van der Waals surface area contributed by atoms with Crippen LogP contribution < -0.4 is 5.56 Å². The quantitative estimate of drug-likeness (QED) is 0.484. The lowest BCUT2D eigenvalue weighted by molar-refractivity contribution is 0.0991. The molecule has 0 N–H and O–H groups in total. The number of hydrogen-bond donors (Lipinski definition) is 0. The first-order chi connectivity index (χ1) is 12.6. The van der Waals surface area contributed by atoms with E-state index in [1.165, 1.54) is 4.40 Å². The number of benzene rings is 2. The molecule has 0 saturated carbocycles. The molecule has 26 heavy (non-hydrogen) atoms. The maximum Gasteiger partial charge on any atom is 0.281 e. The summed E-state index contributed by atoms with van der Waals surface area (Å²) in [4.78, 5) is 30.1. The summed E-state index contributed by atoms with van der Waals surface area (Å²) in [5.74, 6) is 0.340. The molecule has 0 aliphatic rings. The fraction of sp³-hybridized carbons (Fsp3) is 0.158. The van der Waals surface area contributed by atoms with Crippen LogP contribution in [-0.2, 0) is 13.0 Å². The minimum atomic E-state index is -0.302. The number of ketones is 1. The second-order valence-electron chi connectivity index (χ2n) is 5.91. The average molecular weight is 411 g/mol. The summed E-state index contributed by atoms with van der Waals surface area (Å²) in [6.45, 7) is 2.48. The van der Waals surface area contributed by atoms with E-state index in [4.69, 9.17) is 0 Å². The van der Waals surface area contributed by atoms with Crippen molar-refractivity contribution >= 4 is 38.5 Å². The molecule has 4 rings (SSSR count). The Kier molecular flexibility index (Phi) is 4.16. The topological polar surface area (TPSA) is 69.3 Å². The lowest BCUT2D eigenvalue weighted by atomic mass is 10.1. The Morgan fingerprint density at radius 2 is 1.85 bits per heavy atom. The van der Waals surface area contributed by atoms with Crippen LogP contribution in [0.5, 0.6) is 0 Å². The summed E-state index contributed by atoms with van der Waals surface area (Å²) in [5.41, 5.74) is 1.91. The Balaban J connectivity index is 1.86. The number of para-hydroxylation sites is 2. The van der Waals surface area contributed by atoms with E-state index in [9.17, 15) is 9.59 Å². The Morgan fingerprint density at radius 3 is 2.58 bits per heavy atom. The van der Waals surface area contributed by atoms with Gasteiger partial charge in [-0.05, 0) is 31.2 Å². The van der Waals surface area contributed by atoms with Crippen molar-refractivity contribution in [3.05, 3.63) is 74.6 Å². The lowest BCUT2D eigenvalue weighted by Crippen LogP contribution is -2.27.